The summed E-state index contributed by atoms with van der Waals surface area (Å²) in [6.45, 7) is 0.247. The Hall–Kier alpha value is -3.58. The zero-order valence-electron chi connectivity index (χ0n) is 16.8. The Bertz CT molecular complexity index is 1480. The third-order valence-electron chi connectivity index (χ3n) is 4.73. The van der Waals surface area contributed by atoms with E-state index >= 15 is 0 Å². The number of nitrogens with zero attached hydrogens (tertiary/aromatic N) is 5. The van der Waals surface area contributed by atoms with Gasteiger partial charge in [-0.3, -0.25) is 9.36 Å². The topological polar surface area (TPSA) is 149 Å². The van der Waals surface area contributed by atoms with Gasteiger partial charge < -0.3 is 16.8 Å². The lowest BCUT2D eigenvalue weighted by molar-refractivity contribution is 0.809. The van der Waals surface area contributed by atoms with Gasteiger partial charge >= 0.3 is 0 Å². The largest absolute Gasteiger partial charge is 0.382 e. The van der Waals surface area contributed by atoms with Gasteiger partial charge in [0.25, 0.3) is 5.56 Å². The molecule has 0 bridgehead atoms. The molecule has 5 N–H and O–H groups in total. The van der Waals surface area contributed by atoms with Crippen LogP contribution in [0.1, 0.15) is 11.4 Å². The molecule has 0 saturated carbocycles. The van der Waals surface area contributed by atoms with Crippen LogP contribution in [0.2, 0.25) is 15.1 Å². The molecule has 0 aliphatic heterocycles. The third-order valence-corrected chi connectivity index (χ3v) is 5.48. The number of hydrogen-bond acceptors (Lipinski definition) is 8. The maximum Gasteiger partial charge on any atom is 0.267 e. The predicted molar refractivity (Wildman–Crippen MR) is 130 cm³/mol. The Morgan fingerprint density at radius 2 is 1.79 bits per heavy atom. The molecule has 0 fully saturated rings. The van der Waals surface area contributed by atoms with Crippen LogP contribution < -0.4 is 22.3 Å². The summed E-state index contributed by atoms with van der Waals surface area (Å²) < 4.78 is 1.40. The number of benzene rings is 2. The molecule has 0 unspecified atom stereocenters. The summed E-state index contributed by atoms with van der Waals surface area (Å²) in [6, 6.07) is 11.8. The van der Waals surface area contributed by atoms with Gasteiger partial charge in [-0.1, -0.05) is 40.9 Å². The van der Waals surface area contributed by atoms with Crippen molar-refractivity contribution in [1.29, 1.82) is 5.26 Å². The number of aromatic nitrogens is 4. The van der Waals surface area contributed by atoms with Crippen LogP contribution in [0.3, 0.4) is 0 Å². The van der Waals surface area contributed by atoms with E-state index in [4.69, 9.17) is 46.3 Å². The van der Waals surface area contributed by atoms with Crippen LogP contribution >= 0.6 is 34.8 Å². The van der Waals surface area contributed by atoms with Crippen molar-refractivity contribution in [2.24, 2.45) is 0 Å². The summed E-state index contributed by atoms with van der Waals surface area (Å²) in [5.41, 5.74) is 12.0. The minimum Gasteiger partial charge on any atom is -0.382 e. The normalized spacial score (nSPS) is 10.8. The molecule has 4 aromatic rings. The van der Waals surface area contributed by atoms with Crippen molar-refractivity contribution in [2.45, 2.75) is 6.42 Å². The van der Waals surface area contributed by atoms with Crippen LogP contribution in [0.5, 0.6) is 0 Å². The standard InChI is InChI=1S/C21H15Cl3N8O/c22-10-6-11(23)8-12(7-10)32-16(29-15-3-1-2-14(24)17(15)20(32)33)4-5-28-19-13(9-25)18(26)30-21(27)31-19/h1-3,6-8H,4-5H2,(H5,26,27,28,30,31). The summed E-state index contributed by atoms with van der Waals surface area (Å²) in [4.78, 5) is 25.9. The highest BCUT2D eigenvalue weighted by atomic mass is 35.5. The number of nitrogens with two attached hydrogens (primary N) is 2. The molecule has 0 radical (unpaired) electrons. The van der Waals surface area contributed by atoms with E-state index in [0.717, 1.165) is 0 Å². The summed E-state index contributed by atoms with van der Waals surface area (Å²) >= 11 is 18.6. The molecule has 0 saturated heterocycles. The average molecular weight is 502 g/mol. The van der Waals surface area contributed by atoms with Gasteiger partial charge in [-0.2, -0.15) is 15.2 Å². The first-order chi connectivity index (χ1) is 15.8. The predicted octanol–water partition coefficient (Wildman–Crippen LogP) is 3.83. The average Bonchev–Trinajstić information content (AvgIpc) is 2.72. The minimum absolute atomic E-state index is 0.0311. The number of hydrogen-bond donors (Lipinski definition) is 3. The van der Waals surface area contributed by atoms with Crippen LogP contribution in [0.4, 0.5) is 17.6 Å². The summed E-state index contributed by atoms with van der Waals surface area (Å²) in [7, 11) is 0. The second-order valence-corrected chi connectivity index (χ2v) is 8.19. The number of rotatable bonds is 5. The lowest BCUT2D eigenvalue weighted by Crippen LogP contribution is -2.26. The van der Waals surface area contributed by atoms with Crippen molar-refractivity contribution in [1.82, 2.24) is 19.5 Å². The van der Waals surface area contributed by atoms with Crippen LogP contribution in [0.15, 0.2) is 41.2 Å². The molecule has 0 spiro atoms. The van der Waals surface area contributed by atoms with Gasteiger partial charge in [-0.15, -0.1) is 0 Å². The molecule has 12 heteroatoms. The second kappa shape index (κ2) is 9.11. The monoisotopic (exact) mass is 500 g/mol. The number of nitrogens with one attached hydrogen (secondary N) is 1. The quantitative estimate of drug-likeness (QED) is 0.373. The molecule has 0 aliphatic carbocycles. The van der Waals surface area contributed by atoms with Gasteiger partial charge in [0.15, 0.2) is 5.82 Å². The Kier molecular flexibility index (Phi) is 6.24. The van der Waals surface area contributed by atoms with Crippen molar-refractivity contribution in [2.75, 3.05) is 23.3 Å². The highest BCUT2D eigenvalue weighted by Gasteiger charge is 2.17. The maximum absolute atomic E-state index is 13.5. The molecule has 0 amide bonds. The van der Waals surface area contributed by atoms with E-state index in [1.165, 1.54) is 4.57 Å². The SMILES string of the molecule is N#Cc1c(N)nc(N)nc1NCCc1nc2cccc(Cl)c2c(=O)n1-c1cc(Cl)cc(Cl)c1. The number of nitrogen functional groups attached to an aromatic ring is 2. The molecular formula is C21H15Cl3N8O. The van der Waals surface area contributed by atoms with Crippen molar-refractivity contribution < 1.29 is 0 Å². The maximum atomic E-state index is 13.5. The first-order valence-electron chi connectivity index (χ1n) is 9.52. The van der Waals surface area contributed by atoms with E-state index in [1.807, 2.05) is 6.07 Å². The van der Waals surface area contributed by atoms with Crippen LogP contribution in [-0.2, 0) is 6.42 Å². The van der Waals surface area contributed by atoms with E-state index in [9.17, 15) is 10.1 Å². The molecule has 2 aromatic carbocycles. The smallest absolute Gasteiger partial charge is 0.267 e. The second-order valence-electron chi connectivity index (χ2n) is 6.91. The van der Waals surface area contributed by atoms with Crippen molar-refractivity contribution >= 4 is 63.3 Å². The van der Waals surface area contributed by atoms with E-state index in [-0.39, 0.29) is 52.1 Å². The van der Waals surface area contributed by atoms with Gasteiger partial charge in [0.2, 0.25) is 5.95 Å². The van der Waals surface area contributed by atoms with E-state index in [0.29, 0.717) is 27.1 Å². The summed E-state index contributed by atoms with van der Waals surface area (Å²) in [5, 5.41) is 13.6. The molecule has 0 aliphatic rings. The molecular weight excluding hydrogens is 487 g/mol. The van der Waals surface area contributed by atoms with Gasteiger partial charge in [0.1, 0.15) is 23.3 Å². The Balaban J connectivity index is 1.79. The Morgan fingerprint density at radius 3 is 2.48 bits per heavy atom. The van der Waals surface area contributed by atoms with Gasteiger partial charge in [0, 0.05) is 23.0 Å². The number of fused-ring (bicyclic) bond motifs is 1. The molecule has 0 atom stereocenters. The Labute approximate surface area is 202 Å². The molecule has 2 heterocycles. The number of nitriles is 1. The number of halogens is 3. The lowest BCUT2D eigenvalue weighted by Gasteiger charge is -2.15. The summed E-state index contributed by atoms with van der Waals surface area (Å²) in [5.74, 6) is 0.495. The van der Waals surface area contributed by atoms with Crippen LogP contribution in [-0.4, -0.2) is 26.1 Å². The van der Waals surface area contributed by atoms with Crippen LogP contribution in [0, 0.1) is 11.3 Å². The third kappa shape index (κ3) is 4.50. The summed E-state index contributed by atoms with van der Waals surface area (Å²) in [6.07, 6.45) is 0.260. The lowest BCUT2D eigenvalue weighted by atomic mass is 10.2. The van der Waals surface area contributed by atoms with Gasteiger partial charge in [-0.05, 0) is 30.3 Å². The van der Waals surface area contributed by atoms with Crippen LogP contribution in [0.25, 0.3) is 16.6 Å². The zero-order valence-corrected chi connectivity index (χ0v) is 19.1. The van der Waals surface area contributed by atoms with Gasteiger partial charge in [-0.25, -0.2) is 4.98 Å². The molecule has 2 aromatic heterocycles. The molecule has 33 heavy (non-hydrogen) atoms. The molecule has 4 rings (SSSR count). The first kappa shape index (κ1) is 22.6. The van der Waals surface area contributed by atoms with E-state index < -0.39 is 0 Å². The van der Waals surface area contributed by atoms with Gasteiger partial charge in [0.05, 0.1) is 21.6 Å². The highest BCUT2D eigenvalue weighted by Crippen LogP contribution is 2.25. The minimum atomic E-state index is -0.368. The number of anilines is 3. The molecule has 9 nitrogen and oxygen atoms in total. The fourth-order valence-electron chi connectivity index (χ4n) is 3.36. The first-order valence-corrected chi connectivity index (χ1v) is 10.7. The fraction of sp³-hybridized carbons (Fsp3) is 0.0952. The van der Waals surface area contributed by atoms with Crippen molar-refractivity contribution in [3.05, 3.63) is 73.2 Å². The van der Waals surface area contributed by atoms with E-state index in [1.54, 1.807) is 36.4 Å². The van der Waals surface area contributed by atoms with E-state index in [2.05, 4.69) is 20.3 Å². The van der Waals surface area contributed by atoms with Crippen molar-refractivity contribution in [3.63, 3.8) is 0 Å². The van der Waals surface area contributed by atoms with Crippen molar-refractivity contribution in [3.8, 4) is 11.8 Å². The molecule has 166 valence electrons. The zero-order chi connectivity index (χ0) is 23.7. The fourth-order valence-corrected chi connectivity index (χ4v) is 4.13. The highest BCUT2D eigenvalue weighted by molar-refractivity contribution is 6.35. The Morgan fingerprint density at radius 1 is 1.06 bits per heavy atom.